The predicted molar refractivity (Wildman–Crippen MR) is 72.7 cm³/mol. The molecule has 0 saturated heterocycles. The first kappa shape index (κ1) is 17.3. The first-order chi connectivity index (χ1) is 9.64. The van der Waals surface area contributed by atoms with Crippen LogP contribution in [-0.2, 0) is 9.53 Å². The van der Waals surface area contributed by atoms with E-state index in [-0.39, 0.29) is 22.7 Å². The Kier molecular flexibility index (Phi) is 5.60. The molecule has 0 radical (unpaired) electrons. The van der Waals surface area contributed by atoms with Gasteiger partial charge in [-0.3, -0.25) is 14.9 Å². The molecular weight excluding hydrogens is 308 g/mol. The lowest BCUT2D eigenvalue weighted by molar-refractivity contribution is -0.384. The molecule has 1 aromatic carbocycles. The topological polar surface area (TPSA) is 69.4 Å². The van der Waals surface area contributed by atoms with Crippen molar-refractivity contribution in [3.63, 3.8) is 0 Å². The Labute approximate surface area is 125 Å². The summed E-state index contributed by atoms with van der Waals surface area (Å²) in [5, 5.41) is 10.7. The molecule has 0 spiro atoms. The van der Waals surface area contributed by atoms with Crippen molar-refractivity contribution < 1.29 is 23.2 Å². The number of ether oxygens (including phenoxy) is 1. The maximum Gasteiger partial charge on any atom is 0.306 e. The molecule has 0 saturated carbocycles. The number of carbonyl (C=O) groups is 1. The van der Waals surface area contributed by atoms with Gasteiger partial charge < -0.3 is 4.74 Å². The summed E-state index contributed by atoms with van der Waals surface area (Å²) in [5.74, 6) is -4.58. The SMILES string of the molecule is COC(=O)CC(CC(C)(F)F)c1ccc(Cl)c([N+](=O)[O-])c1. The zero-order valence-corrected chi connectivity index (χ0v) is 12.2. The molecule has 1 aromatic rings. The van der Waals surface area contributed by atoms with Crippen LogP contribution in [0.3, 0.4) is 0 Å². The van der Waals surface area contributed by atoms with Crippen molar-refractivity contribution in [1.29, 1.82) is 0 Å². The van der Waals surface area contributed by atoms with Gasteiger partial charge in [0.25, 0.3) is 5.69 Å². The minimum Gasteiger partial charge on any atom is -0.469 e. The predicted octanol–water partition coefficient (Wildman–Crippen LogP) is 3.94. The van der Waals surface area contributed by atoms with E-state index in [2.05, 4.69) is 4.74 Å². The van der Waals surface area contributed by atoms with Gasteiger partial charge in [-0.1, -0.05) is 17.7 Å². The second-order valence-electron chi connectivity index (χ2n) is 4.72. The lowest BCUT2D eigenvalue weighted by Crippen LogP contribution is -2.18. The number of esters is 1. The van der Waals surface area contributed by atoms with E-state index < -0.39 is 29.2 Å². The van der Waals surface area contributed by atoms with Crippen LogP contribution in [0.1, 0.15) is 31.2 Å². The summed E-state index contributed by atoms with van der Waals surface area (Å²) in [6.45, 7) is 0.724. The van der Waals surface area contributed by atoms with Crippen LogP contribution in [0.15, 0.2) is 18.2 Å². The number of nitro benzene ring substituents is 1. The molecule has 0 aliphatic heterocycles. The number of nitrogens with zero attached hydrogens (tertiary/aromatic N) is 1. The maximum absolute atomic E-state index is 13.2. The van der Waals surface area contributed by atoms with Crippen molar-refractivity contribution in [2.24, 2.45) is 0 Å². The first-order valence-corrected chi connectivity index (χ1v) is 6.40. The normalized spacial score (nSPS) is 12.8. The van der Waals surface area contributed by atoms with Gasteiger partial charge in [0.2, 0.25) is 5.92 Å². The molecule has 0 aliphatic carbocycles. The fraction of sp³-hybridized carbons (Fsp3) is 0.462. The Bertz CT molecular complexity index is 545. The van der Waals surface area contributed by atoms with Gasteiger partial charge in [0.1, 0.15) is 5.02 Å². The molecule has 0 bridgehead atoms. The summed E-state index contributed by atoms with van der Waals surface area (Å²) < 4.78 is 31.0. The average Bonchev–Trinajstić information content (AvgIpc) is 2.36. The number of nitro groups is 1. The fourth-order valence-electron chi connectivity index (χ4n) is 1.95. The monoisotopic (exact) mass is 321 g/mol. The molecule has 0 aromatic heterocycles. The summed E-state index contributed by atoms with van der Waals surface area (Å²) in [4.78, 5) is 21.5. The molecule has 1 rings (SSSR count). The van der Waals surface area contributed by atoms with E-state index in [0.29, 0.717) is 0 Å². The van der Waals surface area contributed by atoms with E-state index in [0.717, 1.165) is 20.1 Å². The van der Waals surface area contributed by atoms with Crippen LogP contribution in [0.4, 0.5) is 14.5 Å². The largest absolute Gasteiger partial charge is 0.469 e. The van der Waals surface area contributed by atoms with E-state index in [4.69, 9.17) is 11.6 Å². The highest BCUT2D eigenvalue weighted by Gasteiger charge is 2.30. The average molecular weight is 322 g/mol. The summed E-state index contributed by atoms with van der Waals surface area (Å²) in [5.41, 5.74) is -0.138. The minimum atomic E-state index is -3.02. The number of carbonyl (C=O) groups excluding carboxylic acids is 1. The van der Waals surface area contributed by atoms with Crippen LogP contribution < -0.4 is 0 Å². The van der Waals surface area contributed by atoms with Gasteiger partial charge in [0.15, 0.2) is 0 Å². The van der Waals surface area contributed by atoms with Crippen molar-refractivity contribution >= 4 is 23.3 Å². The van der Waals surface area contributed by atoms with Gasteiger partial charge >= 0.3 is 5.97 Å². The first-order valence-electron chi connectivity index (χ1n) is 6.02. The van der Waals surface area contributed by atoms with E-state index in [1.54, 1.807) is 0 Å². The second kappa shape index (κ2) is 6.80. The lowest BCUT2D eigenvalue weighted by Gasteiger charge is -2.20. The molecule has 0 N–H and O–H groups in total. The summed E-state index contributed by atoms with van der Waals surface area (Å²) >= 11 is 5.68. The zero-order valence-electron chi connectivity index (χ0n) is 11.4. The molecule has 0 fully saturated rings. The van der Waals surface area contributed by atoms with E-state index >= 15 is 0 Å². The van der Waals surface area contributed by atoms with Crippen molar-refractivity contribution in [3.8, 4) is 0 Å². The molecular formula is C13H14ClF2NO4. The number of benzene rings is 1. The van der Waals surface area contributed by atoms with E-state index in [1.807, 2.05) is 0 Å². The molecule has 5 nitrogen and oxygen atoms in total. The lowest BCUT2D eigenvalue weighted by atomic mass is 9.90. The third-order valence-electron chi connectivity index (χ3n) is 2.88. The van der Waals surface area contributed by atoms with Gasteiger partial charge in [0.05, 0.1) is 18.5 Å². The zero-order chi connectivity index (χ0) is 16.2. The molecule has 1 unspecified atom stereocenters. The number of hydrogen-bond acceptors (Lipinski definition) is 4. The van der Waals surface area contributed by atoms with Crippen LogP contribution in [0, 0.1) is 10.1 Å². The fourth-order valence-corrected chi connectivity index (χ4v) is 2.14. The van der Waals surface area contributed by atoms with Crippen molar-refractivity contribution in [3.05, 3.63) is 38.9 Å². The van der Waals surface area contributed by atoms with Gasteiger partial charge in [-0.25, -0.2) is 8.78 Å². The maximum atomic E-state index is 13.2. The number of hydrogen-bond donors (Lipinski definition) is 0. The molecule has 0 amide bonds. The third kappa shape index (κ3) is 5.26. The molecule has 0 heterocycles. The van der Waals surface area contributed by atoms with E-state index in [1.165, 1.54) is 12.1 Å². The van der Waals surface area contributed by atoms with Crippen LogP contribution in [-0.4, -0.2) is 23.9 Å². The van der Waals surface area contributed by atoms with Gasteiger partial charge in [-0.15, -0.1) is 0 Å². The Morgan fingerprint density at radius 3 is 2.62 bits per heavy atom. The third-order valence-corrected chi connectivity index (χ3v) is 3.20. The van der Waals surface area contributed by atoms with E-state index in [9.17, 15) is 23.7 Å². The van der Waals surface area contributed by atoms with Gasteiger partial charge in [-0.05, 0) is 18.6 Å². The summed E-state index contributed by atoms with van der Waals surface area (Å²) in [7, 11) is 1.15. The summed E-state index contributed by atoms with van der Waals surface area (Å²) in [6.07, 6.45) is -0.917. The standard InChI is InChI=1S/C13H14ClF2NO4/c1-13(15,16)7-9(6-12(18)21-2)8-3-4-10(14)11(5-8)17(19)20/h3-5,9H,6-7H2,1-2H3. The van der Waals surface area contributed by atoms with Crippen LogP contribution in [0.5, 0.6) is 0 Å². The van der Waals surface area contributed by atoms with Crippen LogP contribution in [0.25, 0.3) is 0 Å². The number of halogens is 3. The van der Waals surface area contributed by atoms with Gasteiger partial charge in [0, 0.05) is 18.4 Å². The Hall–Kier alpha value is -1.76. The number of alkyl halides is 2. The smallest absolute Gasteiger partial charge is 0.306 e. The Morgan fingerprint density at radius 2 is 2.14 bits per heavy atom. The minimum absolute atomic E-state index is 0.0937. The number of rotatable bonds is 6. The second-order valence-corrected chi connectivity index (χ2v) is 5.13. The number of methoxy groups -OCH3 is 1. The highest BCUT2D eigenvalue weighted by Crippen LogP contribution is 2.36. The summed E-state index contributed by atoms with van der Waals surface area (Å²) in [6, 6.07) is 3.77. The molecule has 8 heteroatoms. The molecule has 21 heavy (non-hydrogen) atoms. The quantitative estimate of drug-likeness (QED) is 0.452. The van der Waals surface area contributed by atoms with Gasteiger partial charge in [-0.2, -0.15) is 0 Å². The molecule has 0 aliphatic rings. The highest BCUT2D eigenvalue weighted by molar-refractivity contribution is 6.32. The van der Waals surface area contributed by atoms with Crippen LogP contribution >= 0.6 is 11.6 Å². The Morgan fingerprint density at radius 1 is 1.52 bits per heavy atom. The Balaban J connectivity index is 3.16. The molecule has 116 valence electrons. The molecule has 1 atom stereocenters. The van der Waals surface area contributed by atoms with Crippen molar-refractivity contribution in [1.82, 2.24) is 0 Å². The highest BCUT2D eigenvalue weighted by atomic mass is 35.5. The van der Waals surface area contributed by atoms with Crippen LogP contribution in [0.2, 0.25) is 5.02 Å². The van der Waals surface area contributed by atoms with Crippen molar-refractivity contribution in [2.75, 3.05) is 7.11 Å². The van der Waals surface area contributed by atoms with Crippen molar-refractivity contribution in [2.45, 2.75) is 31.6 Å².